The molecule has 0 amide bonds. The molecule has 0 radical (unpaired) electrons. The SMILES string of the molecule is [Cl-].[Cl-].[NH3+]CCCCCCCCCCCCCCCCCC[NH3+]. The van der Waals surface area contributed by atoms with Gasteiger partial charge in [0.25, 0.3) is 0 Å². The molecule has 0 aromatic carbocycles. The van der Waals surface area contributed by atoms with Gasteiger partial charge < -0.3 is 36.3 Å². The molecular weight excluding hydrogens is 315 g/mol. The molecule has 0 aromatic rings. The average molecular weight is 357 g/mol. The molecular formula is C18H42Cl2N2. The van der Waals surface area contributed by atoms with Crippen LogP contribution < -0.4 is 36.3 Å². The van der Waals surface area contributed by atoms with E-state index in [-0.39, 0.29) is 24.8 Å². The number of hydrogen-bond acceptors (Lipinski definition) is 0. The van der Waals surface area contributed by atoms with Gasteiger partial charge in [-0.15, -0.1) is 0 Å². The Labute approximate surface area is 152 Å². The van der Waals surface area contributed by atoms with Crippen molar-refractivity contribution in [2.75, 3.05) is 13.1 Å². The molecule has 0 atom stereocenters. The summed E-state index contributed by atoms with van der Waals surface area (Å²) < 4.78 is 0. The largest absolute Gasteiger partial charge is 1.00 e. The van der Waals surface area contributed by atoms with Crippen LogP contribution >= 0.6 is 0 Å². The molecule has 0 aliphatic rings. The molecule has 4 heteroatoms. The zero-order chi connectivity index (χ0) is 14.7. The minimum absolute atomic E-state index is 0. The van der Waals surface area contributed by atoms with Crippen LogP contribution in [-0.2, 0) is 0 Å². The highest BCUT2D eigenvalue weighted by Gasteiger charge is 1.94. The van der Waals surface area contributed by atoms with Crippen LogP contribution in [0.2, 0.25) is 0 Å². The van der Waals surface area contributed by atoms with E-state index in [1.54, 1.807) is 0 Å². The zero-order valence-corrected chi connectivity index (χ0v) is 16.4. The fourth-order valence-electron chi connectivity index (χ4n) is 2.83. The van der Waals surface area contributed by atoms with Crippen LogP contribution in [0.25, 0.3) is 0 Å². The van der Waals surface area contributed by atoms with Gasteiger partial charge >= 0.3 is 0 Å². The highest BCUT2D eigenvalue weighted by atomic mass is 35.5. The van der Waals surface area contributed by atoms with Gasteiger partial charge in [0.2, 0.25) is 0 Å². The maximum atomic E-state index is 3.89. The van der Waals surface area contributed by atoms with Gasteiger partial charge in [-0.3, -0.25) is 0 Å². The molecule has 6 N–H and O–H groups in total. The van der Waals surface area contributed by atoms with Crippen LogP contribution in [0.3, 0.4) is 0 Å². The van der Waals surface area contributed by atoms with Gasteiger partial charge in [0.1, 0.15) is 0 Å². The highest BCUT2D eigenvalue weighted by molar-refractivity contribution is 4.49. The van der Waals surface area contributed by atoms with Crippen LogP contribution in [0, 0.1) is 0 Å². The summed E-state index contributed by atoms with van der Waals surface area (Å²) in [6.07, 6.45) is 23.0. The fraction of sp³-hybridized carbons (Fsp3) is 1.00. The first-order valence-electron chi connectivity index (χ1n) is 9.50. The molecule has 0 saturated carbocycles. The van der Waals surface area contributed by atoms with Gasteiger partial charge in [-0.1, -0.05) is 77.0 Å². The molecule has 2 nitrogen and oxygen atoms in total. The number of halogens is 2. The first-order chi connectivity index (χ1) is 9.91. The summed E-state index contributed by atoms with van der Waals surface area (Å²) in [5, 5.41) is 0. The zero-order valence-electron chi connectivity index (χ0n) is 14.9. The topological polar surface area (TPSA) is 55.3 Å². The summed E-state index contributed by atoms with van der Waals surface area (Å²) in [7, 11) is 0. The van der Waals surface area contributed by atoms with E-state index < -0.39 is 0 Å². The molecule has 0 aliphatic heterocycles. The van der Waals surface area contributed by atoms with Crippen molar-refractivity contribution in [1.29, 1.82) is 0 Å². The Morgan fingerprint density at radius 3 is 0.545 bits per heavy atom. The Kier molecular flexibility index (Phi) is 32.8. The van der Waals surface area contributed by atoms with Crippen LogP contribution in [0.1, 0.15) is 103 Å². The van der Waals surface area contributed by atoms with Crippen molar-refractivity contribution in [3.05, 3.63) is 0 Å². The van der Waals surface area contributed by atoms with E-state index in [2.05, 4.69) is 11.5 Å². The Hall–Kier alpha value is 0.500. The van der Waals surface area contributed by atoms with Crippen LogP contribution in [0.5, 0.6) is 0 Å². The predicted molar refractivity (Wildman–Crippen MR) is 89.4 cm³/mol. The number of unbranched alkanes of at least 4 members (excludes halogenated alkanes) is 15. The van der Waals surface area contributed by atoms with Crippen molar-refractivity contribution in [1.82, 2.24) is 0 Å². The summed E-state index contributed by atoms with van der Waals surface area (Å²) in [5.74, 6) is 0. The molecule has 0 aliphatic carbocycles. The molecule has 0 aromatic heterocycles. The normalized spacial score (nSPS) is 10.1. The monoisotopic (exact) mass is 356 g/mol. The summed E-state index contributed by atoms with van der Waals surface area (Å²) in [5.41, 5.74) is 7.78. The van der Waals surface area contributed by atoms with E-state index in [4.69, 9.17) is 0 Å². The Bertz CT molecular complexity index is 151. The molecule has 22 heavy (non-hydrogen) atoms. The van der Waals surface area contributed by atoms with Crippen LogP contribution in [0.15, 0.2) is 0 Å². The van der Waals surface area contributed by atoms with E-state index in [9.17, 15) is 0 Å². The number of quaternary nitrogens is 2. The molecule has 0 rings (SSSR count). The van der Waals surface area contributed by atoms with Gasteiger partial charge in [-0.05, 0) is 25.7 Å². The van der Waals surface area contributed by atoms with Gasteiger partial charge in [-0.2, -0.15) is 0 Å². The lowest BCUT2D eigenvalue weighted by Crippen LogP contribution is -3.00. The summed E-state index contributed by atoms with van der Waals surface area (Å²) in [4.78, 5) is 0. The first-order valence-corrected chi connectivity index (χ1v) is 9.50. The lowest BCUT2D eigenvalue weighted by atomic mass is 10.0. The minimum Gasteiger partial charge on any atom is -1.00 e. The smallest absolute Gasteiger partial charge is 0.0739 e. The van der Waals surface area contributed by atoms with Crippen molar-refractivity contribution in [3.8, 4) is 0 Å². The predicted octanol–water partition coefficient (Wildman–Crippen LogP) is -2.28. The minimum atomic E-state index is 0. The standard InChI is InChI=1S/C18H40N2.2ClH/c19-17-15-13-11-9-7-5-3-1-2-4-6-8-10-12-14-16-18-20;;/h1-20H2;2*1H. The summed E-state index contributed by atoms with van der Waals surface area (Å²) >= 11 is 0. The summed E-state index contributed by atoms with van der Waals surface area (Å²) in [6.45, 7) is 2.24. The van der Waals surface area contributed by atoms with Gasteiger partial charge in [0.15, 0.2) is 0 Å². The van der Waals surface area contributed by atoms with Crippen LogP contribution in [0.4, 0.5) is 0 Å². The van der Waals surface area contributed by atoms with E-state index in [0.29, 0.717) is 0 Å². The fourth-order valence-corrected chi connectivity index (χ4v) is 2.83. The number of hydrogen-bond donors (Lipinski definition) is 2. The maximum Gasteiger partial charge on any atom is 0.0739 e. The van der Waals surface area contributed by atoms with E-state index >= 15 is 0 Å². The van der Waals surface area contributed by atoms with Gasteiger partial charge in [-0.25, -0.2) is 0 Å². The Balaban J connectivity index is -0.00000180. The Morgan fingerprint density at radius 2 is 0.409 bits per heavy atom. The summed E-state index contributed by atoms with van der Waals surface area (Å²) in [6, 6.07) is 0. The van der Waals surface area contributed by atoms with Crippen molar-refractivity contribution in [3.63, 3.8) is 0 Å². The van der Waals surface area contributed by atoms with Crippen molar-refractivity contribution in [2.45, 2.75) is 103 Å². The van der Waals surface area contributed by atoms with Gasteiger partial charge in [0.05, 0.1) is 13.1 Å². The molecule has 0 spiro atoms. The van der Waals surface area contributed by atoms with Crippen molar-refractivity contribution < 1.29 is 36.3 Å². The highest BCUT2D eigenvalue weighted by Crippen LogP contribution is 2.13. The van der Waals surface area contributed by atoms with Gasteiger partial charge in [0, 0.05) is 0 Å². The van der Waals surface area contributed by atoms with E-state index in [1.807, 2.05) is 0 Å². The Morgan fingerprint density at radius 1 is 0.273 bits per heavy atom. The first kappa shape index (κ1) is 27.4. The molecule has 138 valence electrons. The van der Waals surface area contributed by atoms with E-state index in [1.165, 1.54) is 103 Å². The molecule has 0 unspecified atom stereocenters. The molecule has 0 heterocycles. The van der Waals surface area contributed by atoms with Crippen molar-refractivity contribution >= 4 is 0 Å². The third-order valence-electron chi connectivity index (χ3n) is 4.25. The molecule has 0 bridgehead atoms. The molecule has 0 fully saturated rings. The number of rotatable bonds is 17. The lowest BCUT2D eigenvalue weighted by molar-refractivity contribution is -0.368. The third kappa shape index (κ3) is 25.5. The van der Waals surface area contributed by atoms with E-state index in [0.717, 1.165) is 13.1 Å². The van der Waals surface area contributed by atoms with Crippen molar-refractivity contribution in [2.24, 2.45) is 0 Å². The quantitative estimate of drug-likeness (QED) is 0.276. The second kappa shape index (κ2) is 26.4. The third-order valence-corrected chi connectivity index (χ3v) is 4.25. The second-order valence-electron chi connectivity index (χ2n) is 6.36. The molecule has 0 saturated heterocycles. The maximum absolute atomic E-state index is 3.89. The average Bonchev–Trinajstić information content (AvgIpc) is 2.47. The lowest BCUT2D eigenvalue weighted by Gasteiger charge is -2.03. The second-order valence-corrected chi connectivity index (χ2v) is 6.36. The van der Waals surface area contributed by atoms with Crippen LogP contribution in [-0.4, -0.2) is 13.1 Å².